The topological polar surface area (TPSA) is 40.5 Å². The van der Waals surface area contributed by atoms with Crippen LogP contribution < -0.4 is 0 Å². The van der Waals surface area contributed by atoms with Gasteiger partial charge >= 0.3 is 0 Å². The van der Waals surface area contributed by atoms with Crippen molar-refractivity contribution >= 4 is 0 Å². The van der Waals surface area contributed by atoms with Gasteiger partial charge < -0.3 is 10.2 Å². The average Bonchev–Trinajstić information content (AvgIpc) is 2.33. The lowest BCUT2D eigenvalue weighted by Gasteiger charge is -2.08. The zero-order valence-electron chi connectivity index (χ0n) is 10.1. The van der Waals surface area contributed by atoms with Gasteiger partial charge in [-0.2, -0.15) is 0 Å². The fourth-order valence-corrected chi connectivity index (χ4v) is 1.79. The number of hydrogen-bond acceptors (Lipinski definition) is 2. The molecule has 0 spiro atoms. The molecule has 88 valence electrons. The Morgan fingerprint density at radius 3 is 2.12 bits per heavy atom. The third kappa shape index (κ3) is 2.41. The minimum atomic E-state index is -0.0189. The summed E-state index contributed by atoms with van der Waals surface area (Å²) in [6, 6.07) is 11.8. The maximum Gasteiger partial charge on any atom is 0.161 e. The third-order valence-corrected chi connectivity index (χ3v) is 2.95. The molecule has 0 unspecified atom stereocenters. The first-order chi connectivity index (χ1) is 8.08. The lowest BCUT2D eigenvalue weighted by Crippen LogP contribution is -1.90. The van der Waals surface area contributed by atoms with Crippen LogP contribution in [0.1, 0.15) is 22.3 Å². The van der Waals surface area contributed by atoms with E-state index in [4.69, 9.17) is 0 Å². The van der Waals surface area contributed by atoms with Crippen molar-refractivity contribution in [3.63, 3.8) is 0 Å². The van der Waals surface area contributed by atoms with Gasteiger partial charge in [-0.15, -0.1) is 0 Å². The average molecular weight is 228 g/mol. The largest absolute Gasteiger partial charge is 0.504 e. The molecular formula is C15H16O2. The monoisotopic (exact) mass is 228 g/mol. The molecule has 0 bridgehead atoms. The molecule has 0 aliphatic heterocycles. The second-order valence-electron chi connectivity index (χ2n) is 4.40. The highest BCUT2D eigenvalue weighted by atomic mass is 16.3. The summed E-state index contributed by atoms with van der Waals surface area (Å²) in [6.07, 6.45) is 0.625. The summed E-state index contributed by atoms with van der Waals surface area (Å²) in [6.45, 7) is 3.81. The lowest BCUT2D eigenvalue weighted by atomic mass is 10.0. The molecule has 0 aliphatic rings. The second kappa shape index (κ2) is 4.50. The van der Waals surface area contributed by atoms with E-state index in [1.165, 1.54) is 5.56 Å². The van der Waals surface area contributed by atoms with Gasteiger partial charge in [0.1, 0.15) is 0 Å². The summed E-state index contributed by atoms with van der Waals surface area (Å²) in [7, 11) is 0. The Balaban J connectivity index is 2.30. The maximum absolute atomic E-state index is 9.84. The van der Waals surface area contributed by atoms with Crippen molar-refractivity contribution in [1.29, 1.82) is 0 Å². The number of benzene rings is 2. The lowest BCUT2D eigenvalue weighted by molar-refractivity contribution is 0.397. The fourth-order valence-electron chi connectivity index (χ4n) is 1.79. The van der Waals surface area contributed by atoms with Crippen LogP contribution in [0, 0.1) is 13.8 Å². The van der Waals surface area contributed by atoms with Crippen LogP contribution in [0.3, 0.4) is 0 Å². The summed E-state index contributed by atoms with van der Waals surface area (Å²) in [5, 5.41) is 19.5. The summed E-state index contributed by atoms with van der Waals surface area (Å²) in [4.78, 5) is 0. The Kier molecular flexibility index (Phi) is 3.05. The molecule has 0 radical (unpaired) electrons. The molecule has 0 heterocycles. The highest BCUT2D eigenvalue weighted by Crippen LogP contribution is 2.33. The van der Waals surface area contributed by atoms with Crippen molar-refractivity contribution in [1.82, 2.24) is 0 Å². The number of aromatic hydroxyl groups is 2. The molecule has 0 atom stereocenters. The van der Waals surface area contributed by atoms with Gasteiger partial charge in [-0.3, -0.25) is 0 Å². The number of aryl methyl sites for hydroxylation is 2. The standard InChI is InChI=1S/C15H16O2/c1-10-3-6-12(7-4-10)9-13-8-5-11(2)14(16)15(13)17/h3-8,16-17H,9H2,1-2H3. The molecule has 0 aliphatic carbocycles. The van der Waals surface area contributed by atoms with Crippen molar-refractivity contribution in [2.24, 2.45) is 0 Å². The summed E-state index contributed by atoms with van der Waals surface area (Å²) < 4.78 is 0. The van der Waals surface area contributed by atoms with Crippen LogP contribution in [0.25, 0.3) is 0 Å². The minimum absolute atomic E-state index is 0.00873. The third-order valence-electron chi connectivity index (χ3n) is 2.95. The van der Waals surface area contributed by atoms with Crippen molar-refractivity contribution in [3.8, 4) is 11.5 Å². The molecule has 2 heteroatoms. The van der Waals surface area contributed by atoms with Crippen LogP contribution in [0.4, 0.5) is 0 Å². The molecule has 2 N–H and O–H groups in total. The molecule has 0 amide bonds. The van der Waals surface area contributed by atoms with Gasteiger partial charge in [0.05, 0.1) is 0 Å². The quantitative estimate of drug-likeness (QED) is 0.774. The SMILES string of the molecule is Cc1ccc(Cc2ccc(C)c(O)c2O)cc1. The molecule has 2 aromatic rings. The molecule has 2 aromatic carbocycles. The van der Waals surface area contributed by atoms with Crippen LogP contribution in [0.15, 0.2) is 36.4 Å². The van der Waals surface area contributed by atoms with Crippen LogP contribution in [0.2, 0.25) is 0 Å². The summed E-state index contributed by atoms with van der Waals surface area (Å²) >= 11 is 0. The van der Waals surface area contributed by atoms with Gasteiger partial charge in [-0.05, 0) is 25.0 Å². The van der Waals surface area contributed by atoms with Crippen molar-refractivity contribution in [2.45, 2.75) is 20.3 Å². The predicted octanol–water partition coefficient (Wildman–Crippen LogP) is 3.31. The first kappa shape index (κ1) is 11.5. The van der Waals surface area contributed by atoms with E-state index in [0.717, 1.165) is 11.1 Å². The van der Waals surface area contributed by atoms with Crippen LogP contribution in [-0.2, 0) is 6.42 Å². The summed E-state index contributed by atoms with van der Waals surface area (Å²) in [5.41, 5.74) is 3.77. The van der Waals surface area contributed by atoms with E-state index in [2.05, 4.69) is 0 Å². The second-order valence-corrected chi connectivity index (χ2v) is 4.40. The molecule has 0 saturated carbocycles. The van der Waals surface area contributed by atoms with E-state index in [0.29, 0.717) is 12.0 Å². The first-order valence-corrected chi connectivity index (χ1v) is 5.64. The van der Waals surface area contributed by atoms with Gasteiger partial charge in [0.15, 0.2) is 11.5 Å². The Bertz CT molecular complexity index is 527. The van der Waals surface area contributed by atoms with Crippen LogP contribution in [-0.4, -0.2) is 10.2 Å². The molecule has 17 heavy (non-hydrogen) atoms. The summed E-state index contributed by atoms with van der Waals surface area (Å²) in [5.74, 6) is -0.0276. The molecule has 2 nitrogen and oxygen atoms in total. The zero-order valence-corrected chi connectivity index (χ0v) is 10.1. The Morgan fingerprint density at radius 2 is 1.47 bits per heavy atom. The Morgan fingerprint density at radius 1 is 0.824 bits per heavy atom. The van der Waals surface area contributed by atoms with Gasteiger partial charge in [0.25, 0.3) is 0 Å². The molecule has 0 fully saturated rings. The fraction of sp³-hybridized carbons (Fsp3) is 0.200. The van der Waals surface area contributed by atoms with E-state index >= 15 is 0 Å². The molecular weight excluding hydrogens is 212 g/mol. The highest BCUT2D eigenvalue weighted by Gasteiger charge is 2.09. The van der Waals surface area contributed by atoms with Crippen molar-refractivity contribution in [2.75, 3.05) is 0 Å². The van der Waals surface area contributed by atoms with Gasteiger partial charge in [-0.25, -0.2) is 0 Å². The Labute approximate surface area is 101 Å². The smallest absolute Gasteiger partial charge is 0.161 e. The van der Waals surface area contributed by atoms with Crippen molar-refractivity contribution < 1.29 is 10.2 Å². The number of hydrogen-bond donors (Lipinski definition) is 2. The zero-order chi connectivity index (χ0) is 12.4. The van der Waals surface area contributed by atoms with E-state index in [1.54, 1.807) is 6.92 Å². The first-order valence-electron chi connectivity index (χ1n) is 5.64. The van der Waals surface area contributed by atoms with E-state index < -0.39 is 0 Å². The number of rotatable bonds is 2. The molecule has 0 saturated heterocycles. The molecule has 2 rings (SSSR count). The normalized spacial score (nSPS) is 10.5. The van der Waals surface area contributed by atoms with Gasteiger partial charge in [-0.1, -0.05) is 42.0 Å². The van der Waals surface area contributed by atoms with Gasteiger partial charge in [0, 0.05) is 12.0 Å². The van der Waals surface area contributed by atoms with E-state index in [9.17, 15) is 10.2 Å². The highest BCUT2D eigenvalue weighted by molar-refractivity contribution is 5.50. The predicted molar refractivity (Wildman–Crippen MR) is 68.5 cm³/mol. The maximum atomic E-state index is 9.84. The van der Waals surface area contributed by atoms with E-state index in [-0.39, 0.29) is 11.5 Å². The van der Waals surface area contributed by atoms with Crippen molar-refractivity contribution in [3.05, 3.63) is 58.7 Å². The number of phenolic OH excluding ortho intramolecular Hbond substituents is 2. The van der Waals surface area contributed by atoms with Crippen LogP contribution in [0.5, 0.6) is 11.5 Å². The van der Waals surface area contributed by atoms with Crippen LogP contribution >= 0.6 is 0 Å². The molecule has 0 aromatic heterocycles. The number of phenols is 2. The van der Waals surface area contributed by atoms with E-state index in [1.807, 2.05) is 43.3 Å². The van der Waals surface area contributed by atoms with Gasteiger partial charge in [0.2, 0.25) is 0 Å². The minimum Gasteiger partial charge on any atom is -0.504 e. The Hall–Kier alpha value is -1.96.